The summed E-state index contributed by atoms with van der Waals surface area (Å²) in [5.41, 5.74) is 8.86. The molecule has 0 bridgehead atoms. The molecule has 0 aromatic carbocycles. The molecule has 0 unspecified atom stereocenters. The quantitative estimate of drug-likeness (QED) is 0.856. The summed E-state index contributed by atoms with van der Waals surface area (Å²) in [6.45, 7) is 5.70. The van der Waals surface area contributed by atoms with E-state index in [0.717, 1.165) is 54.4 Å². The van der Waals surface area contributed by atoms with Gasteiger partial charge >= 0.3 is 0 Å². The lowest BCUT2D eigenvalue weighted by Crippen LogP contribution is -2.37. The molecule has 0 amide bonds. The summed E-state index contributed by atoms with van der Waals surface area (Å²) < 4.78 is 7.22. The van der Waals surface area contributed by atoms with Gasteiger partial charge in [-0.3, -0.25) is 4.68 Å². The summed E-state index contributed by atoms with van der Waals surface area (Å²) in [6, 6.07) is 2.12. The van der Waals surface area contributed by atoms with Gasteiger partial charge in [-0.2, -0.15) is 5.10 Å². The van der Waals surface area contributed by atoms with Crippen LogP contribution in [0, 0.1) is 6.92 Å². The van der Waals surface area contributed by atoms with Crippen LogP contribution >= 0.6 is 0 Å². The molecule has 6 heteroatoms. The van der Waals surface area contributed by atoms with E-state index in [0.29, 0.717) is 6.54 Å². The van der Waals surface area contributed by atoms with Crippen molar-refractivity contribution >= 4 is 16.9 Å². The van der Waals surface area contributed by atoms with Gasteiger partial charge in [0.15, 0.2) is 5.65 Å². The van der Waals surface area contributed by atoms with Gasteiger partial charge in [-0.1, -0.05) is 0 Å². The number of nitrogens with two attached hydrogens (primary N) is 1. The highest BCUT2D eigenvalue weighted by Crippen LogP contribution is 2.25. The predicted octanol–water partition coefficient (Wildman–Crippen LogP) is 0.572. The van der Waals surface area contributed by atoms with E-state index in [1.54, 1.807) is 0 Å². The number of aryl methyl sites for hydroxylation is 2. The standard InChI is InChI=1S/C13H19N5O/c1-9-11-7-10(8-14)12(15-13(11)17(2)16-9)18-3-5-19-6-4-18/h7H,3-6,8,14H2,1-2H3. The maximum atomic E-state index is 5.88. The molecule has 2 N–H and O–H groups in total. The Hall–Kier alpha value is -1.66. The molecule has 1 aliphatic heterocycles. The average Bonchev–Trinajstić information content (AvgIpc) is 2.73. The van der Waals surface area contributed by atoms with Gasteiger partial charge in [-0.15, -0.1) is 0 Å². The third kappa shape index (κ3) is 2.06. The van der Waals surface area contributed by atoms with Gasteiger partial charge in [0.05, 0.1) is 18.9 Å². The highest BCUT2D eigenvalue weighted by atomic mass is 16.5. The van der Waals surface area contributed by atoms with Crippen molar-refractivity contribution < 1.29 is 4.74 Å². The molecule has 0 saturated carbocycles. The molecule has 2 aromatic rings. The Morgan fingerprint density at radius 2 is 2.11 bits per heavy atom. The van der Waals surface area contributed by atoms with Crippen LogP contribution in [-0.4, -0.2) is 41.1 Å². The van der Waals surface area contributed by atoms with Gasteiger partial charge in [0, 0.05) is 37.6 Å². The highest BCUT2D eigenvalue weighted by Gasteiger charge is 2.18. The van der Waals surface area contributed by atoms with Crippen molar-refractivity contribution in [2.24, 2.45) is 12.8 Å². The summed E-state index contributed by atoms with van der Waals surface area (Å²) in [7, 11) is 1.92. The molecule has 1 fully saturated rings. The lowest BCUT2D eigenvalue weighted by atomic mass is 10.1. The molecular formula is C13H19N5O. The second-order valence-electron chi connectivity index (χ2n) is 4.85. The number of morpholine rings is 1. The van der Waals surface area contributed by atoms with Crippen LogP contribution in [0.2, 0.25) is 0 Å². The van der Waals surface area contributed by atoms with Crippen LogP contribution in [0.4, 0.5) is 5.82 Å². The summed E-state index contributed by atoms with van der Waals surface area (Å²) in [5.74, 6) is 0.973. The predicted molar refractivity (Wildman–Crippen MR) is 74.2 cm³/mol. The van der Waals surface area contributed by atoms with E-state index < -0.39 is 0 Å². The van der Waals surface area contributed by atoms with Crippen LogP contribution < -0.4 is 10.6 Å². The van der Waals surface area contributed by atoms with Crippen LogP contribution in [0.3, 0.4) is 0 Å². The summed E-state index contributed by atoms with van der Waals surface area (Å²) in [5, 5.41) is 5.51. The SMILES string of the molecule is Cc1nn(C)c2nc(N3CCOCC3)c(CN)cc12. The fourth-order valence-electron chi connectivity index (χ4n) is 2.57. The van der Waals surface area contributed by atoms with Gasteiger partial charge in [0.2, 0.25) is 0 Å². The van der Waals surface area contributed by atoms with E-state index in [2.05, 4.69) is 16.1 Å². The number of nitrogens with zero attached hydrogens (tertiary/aromatic N) is 4. The number of fused-ring (bicyclic) bond motifs is 1. The summed E-state index contributed by atoms with van der Waals surface area (Å²) in [4.78, 5) is 7.02. The molecule has 3 rings (SSSR count). The van der Waals surface area contributed by atoms with Crippen molar-refractivity contribution in [1.82, 2.24) is 14.8 Å². The highest BCUT2D eigenvalue weighted by molar-refractivity contribution is 5.81. The minimum atomic E-state index is 0.490. The second kappa shape index (κ2) is 4.79. The maximum Gasteiger partial charge on any atom is 0.160 e. The van der Waals surface area contributed by atoms with Crippen LogP contribution in [0.1, 0.15) is 11.3 Å². The number of hydrogen-bond donors (Lipinski definition) is 1. The fourth-order valence-corrected chi connectivity index (χ4v) is 2.57. The first kappa shape index (κ1) is 12.4. The van der Waals surface area contributed by atoms with E-state index in [-0.39, 0.29) is 0 Å². The minimum Gasteiger partial charge on any atom is -0.378 e. The Labute approximate surface area is 112 Å². The number of ether oxygens (including phenoxy) is 1. The Morgan fingerprint density at radius 1 is 1.37 bits per heavy atom. The van der Waals surface area contributed by atoms with Crippen LogP contribution in [0.25, 0.3) is 11.0 Å². The number of pyridine rings is 1. The van der Waals surface area contributed by atoms with Gasteiger partial charge in [-0.05, 0) is 13.0 Å². The zero-order valence-corrected chi connectivity index (χ0v) is 11.4. The molecule has 1 aliphatic rings. The van der Waals surface area contributed by atoms with Gasteiger partial charge in [0.1, 0.15) is 5.82 Å². The average molecular weight is 261 g/mol. The van der Waals surface area contributed by atoms with Crippen LogP contribution in [0.15, 0.2) is 6.07 Å². The third-order valence-corrected chi connectivity index (χ3v) is 3.59. The van der Waals surface area contributed by atoms with E-state index in [1.807, 2.05) is 18.7 Å². The van der Waals surface area contributed by atoms with Crippen molar-refractivity contribution in [3.05, 3.63) is 17.3 Å². The Morgan fingerprint density at radius 3 is 2.79 bits per heavy atom. The lowest BCUT2D eigenvalue weighted by molar-refractivity contribution is 0.122. The van der Waals surface area contributed by atoms with E-state index >= 15 is 0 Å². The zero-order valence-electron chi connectivity index (χ0n) is 11.4. The van der Waals surface area contributed by atoms with Gasteiger partial charge < -0.3 is 15.4 Å². The van der Waals surface area contributed by atoms with Crippen molar-refractivity contribution in [1.29, 1.82) is 0 Å². The van der Waals surface area contributed by atoms with Crippen molar-refractivity contribution in [3.8, 4) is 0 Å². The number of rotatable bonds is 2. The summed E-state index contributed by atoms with van der Waals surface area (Å²) in [6.07, 6.45) is 0. The first-order valence-electron chi connectivity index (χ1n) is 6.56. The molecule has 19 heavy (non-hydrogen) atoms. The van der Waals surface area contributed by atoms with Gasteiger partial charge in [-0.25, -0.2) is 4.98 Å². The zero-order chi connectivity index (χ0) is 13.4. The van der Waals surface area contributed by atoms with Crippen molar-refractivity contribution in [2.45, 2.75) is 13.5 Å². The number of aromatic nitrogens is 3. The molecule has 0 radical (unpaired) electrons. The van der Waals surface area contributed by atoms with Crippen LogP contribution in [0.5, 0.6) is 0 Å². The lowest BCUT2D eigenvalue weighted by Gasteiger charge is -2.29. The Kier molecular flexibility index (Phi) is 3.12. The van der Waals surface area contributed by atoms with Crippen molar-refractivity contribution in [2.75, 3.05) is 31.2 Å². The first-order chi connectivity index (χ1) is 9.20. The molecule has 6 nitrogen and oxygen atoms in total. The molecule has 0 atom stereocenters. The monoisotopic (exact) mass is 261 g/mol. The third-order valence-electron chi connectivity index (χ3n) is 3.59. The first-order valence-corrected chi connectivity index (χ1v) is 6.56. The Bertz CT molecular complexity index is 601. The molecule has 2 aromatic heterocycles. The molecule has 1 saturated heterocycles. The summed E-state index contributed by atoms with van der Waals surface area (Å²) >= 11 is 0. The molecular weight excluding hydrogens is 242 g/mol. The fraction of sp³-hybridized carbons (Fsp3) is 0.538. The number of hydrogen-bond acceptors (Lipinski definition) is 5. The normalized spacial score (nSPS) is 16.3. The number of anilines is 1. The Balaban J connectivity index is 2.13. The largest absolute Gasteiger partial charge is 0.378 e. The van der Waals surface area contributed by atoms with E-state index in [9.17, 15) is 0 Å². The minimum absolute atomic E-state index is 0.490. The van der Waals surface area contributed by atoms with E-state index in [4.69, 9.17) is 15.5 Å². The smallest absolute Gasteiger partial charge is 0.160 e. The molecule has 0 spiro atoms. The molecule has 0 aliphatic carbocycles. The topological polar surface area (TPSA) is 69.2 Å². The van der Waals surface area contributed by atoms with Gasteiger partial charge in [0.25, 0.3) is 0 Å². The van der Waals surface area contributed by atoms with E-state index in [1.165, 1.54) is 0 Å². The van der Waals surface area contributed by atoms with Crippen LogP contribution in [-0.2, 0) is 18.3 Å². The second-order valence-corrected chi connectivity index (χ2v) is 4.85. The maximum absolute atomic E-state index is 5.88. The van der Waals surface area contributed by atoms with Crippen molar-refractivity contribution in [3.63, 3.8) is 0 Å². The molecule has 3 heterocycles. The molecule has 102 valence electrons.